The van der Waals surface area contributed by atoms with E-state index in [-0.39, 0.29) is 12.1 Å². The van der Waals surface area contributed by atoms with Gasteiger partial charge < -0.3 is 15.0 Å². The first-order valence-electron chi connectivity index (χ1n) is 6.55. The van der Waals surface area contributed by atoms with Crippen LogP contribution >= 0.6 is 11.6 Å². The van der Waals surface area contributed by atoms with Crippen LogP contribution in [0.2, 0.25) is 5.02 Å². The molecular formula is C13H25ClN4O. The molecule has 0 radical (unpaired) electrons. The number of nitrogens with one attached hydrogen (secondary N) is 1. The molecule has 1 aromatic rings. The molecule has 1 N–H and O–H groups in total. The topological polar surface area (TPSA) is 42.3 Å². The minimum absolute atomic E-state index is 0.145. The zero-order valence-corrected chi connectivity index (χ0v) is 13.2. The van der Waals surface area contributed by atoms with E-state index >= 15 is 0 Å². The van der Waals surface area contributed by atoms with Crippen LogP contribution in [0.5, 0.6) is 0 Å². The molecule has 0 saturated carbocycles. The third kappa shape index (κ3) is 4.76. The van der Waals surface area contributed by atoms with Gasteiger partial charge in [0.2, 0.25) is 0 Å². The Balaban J connectivity index is 2.86. The van der Waals surface area contributed by atoms with Gasteiger partial charge in [0.1, 0.15) is 0 Å². The van der Waals surface area contributed by atoms with Crippen molar-refractivity contribution in [1.29, 1.82) is 0 Å². The van der Waals surface area contributed by atoms with Crippen LogP contribution in [0.4, 0.5) is 0 Å². The van der Waals surface area contributed by atoms with Gasteiger partial charge in [0.05, 0.1) is 35.6 Å². The molecule has 19 heavy (non-hydrogen) atoms. The Bertz CT molecular complexity index is 381. The molecule has 0 bridgehead atoms. The number of hydrogen-bond donors (Lipinski definition) is 1. The zero-order chi connectivity index (χ0) is 14.4. The quantitative estimate of drug-likeness (QED) is 0.792. The molecule has 0 aliphatic heterocycles. The lowest BCUT2D eigenvalue weighted by Crippen LogP contribution is -2.27. The predicted molar refractivity (Wildman–Crippen MR) is 78.7 cm³/mol. The van der Waals surface area contributed by atoms with E-state index in [0.29, 0.717) is 5.02 Å². The second-order valence-electron chi connectivity index (χ2n) is 5.03. The van der Waals surface area contributed by atoms with Crippen molar-refractivity contribution in [1.82, 2.24) is 20.0 Å². The smallest absolute Gasteiger partial charge is 0.0834 e. The standard InChI is InChI=1S/C13H25ClN4O/c1-10(19-5)8-12(15-2)13-11(14)9-16-18(13)7-6-17(3)4/h9-10,12,15H,6-8H2,1-5H3. The van der Waals surface area contributed by atoms with Crippen LogP contribution in [0.15, 0.2) is 6.20 Å². The van der Waals surface area contributed by atoms with Gasteiger partial charge in [0.15, 0.2) is 0 Å². The summed E-state index contributed by atoms with van der Waals surface area (Å²) >= 11 is 6.28. The average molecular weight is 289 g/mol. The number of rotatable bonds is 8. The number of methoxy groups -OCH3 is 1. The summed E-state index contributed by atoms with van der Waals surface area (Å²) < 4.78 is 7.32. The Labute approximate surface area is 120 Å². The molecule has 1 heterocycles. The van der Waals surface area contributed by atoms with Crippen molar-refractivity contribution < 1.29 is 4.74 Å². The number of nitrogens with zero attached hydrogens (tertiary/aromatic N) is 3. The van der Waals surface area contributed by atoms with Gasteiger partial charge in [0, 0.05) is 13.7 Å². The summed E-state index contributed by atoms with van der Waals surface area (Å²) in [6.45, 7) is 3.81. The van der Waals surface area contributed by atoms with Gasteiger partial charge in [0.25, 0.3) is 0 Å². The molecule has 110 valence electrons. The molecule has 0 aromatic carbocycles. The van der Waals surface area contributed by atoms with Crippen LogP contribution < -0.4 is 5.32 Å². The molecule has 2 atom stereocenters. The van der Waals surface area contributed by atoms with Crippen molar-refractivity contribution in [2.24, 2.45) is 0 Å². The third-order valence-corrected chi connectivity index (χ3v) is 3.53. The summed E-state index contributed by atoms with van der Waals surface area (Å²) in [4.78, 5) is 2.13. The average Bonchev–Trinajstić information content (AvgIpc) is 2.74. The fourth-order valence-electron chi connectivity index (χ4n) is 1.99. The fraction of sp³-hybridized carbons (Fsp3) is 0.769. The summed E-state index contributed by atoms with van der Waals surface area (Å²) in [6.07, 6.45) is 2.75. The van der Waals surface area contributed by atoms with E-state index in [1.807, 2.05) is 25.8 Å². The van der Waals surface area contributed by atoms with E-state index < -0.39 is 0 Å². The van der Waals surface area contributed by atoms with Gasteiger partial charge >= 0.3 is 0 Å². The molecule has 1 rings (SSSR count). The molecular weight excluding hydrogens is 264 g/mol. The Morgan fingerprint density at radius 2 is 2.21 bits per heavy atom. The van der Waals surface area contributed by atoms with Crippen molar-refractivity contribution in [3.05, 3.63) is 16.9 Å². The molecule has 5 nitrogen and oxygen atoms in total. The number of hydrogen-bond acceptors (Lipinski definition) is 4. The SMILES string of the molecule is CNC(CC(C)OC)c1c(Cl)cnn1CCN(C)C. The van der Waals surface area contributed by atoms with E-state index in [2.05, 4.69) is 22.2 Å². The Kier molecular flexibility index (Phi) is 6.79. The van der Waals surface area contributed by atoms with Gasteiger partial charge in [-0.05, 0) is 34.5 Å². The molecule has 0 spiro atoms. The second kappa shape index (κ2) is 7.85. The van der Waals surface area contributed by atoms with Crippen LogP contribution in [0.25, 0.3) is 0 Å². The summed E-state index contributed by atoms with van der Waals surface area (Å²) in [7, 11) is 7.76. The minimum atomic E-state index is 0.145. The molecule has 0 fully saturated rings. The highest BCUT2D eigenvalue weighted by Gasteiger charge is 2.21. The van der Waals surface area contributed by atoms with Crippen molar-refractivity contribution in [2.45, 2.75) is 32.0 Å². The van der Waals surface area contributed by atoms with Crippen LogP contribution in [-0.4, -0.2) is 55.6 Å². The van der Waals surface area contributed by atoms with E-state index in [9.17, 15) is 0 Å². The zero-order valence-electron chi connectivity index (χ0n) is 12.5. The monoisotopic (exact) mass is 288 g/mol. The molecule has 0 saturated heterocycles. The maximum absolute atomic E-state index is 6.28. The second-order valence-corrected chi connectivity index (χ2v) is 5.43. The summed E-state index contributed by atoms with van der Waals surface area (Å²) in [5, 5.41) is 8.38. The Morgan fingerprint density at radius 3 is 2.74 bits per heavy atom. The van der Waals surface area contributed by atoms with Gasteiger partial charge in [-0.25, -0.2) is 0 Å². The van der Waals surface area contributed by atoms with Gasteiger partial charge in [-0.1, -0.05) is 11.6 Å². The van der Waals surface area contributed by atoms with Gasteiger partial charge in [-0.15, -0.1) is 0 Å². The number of ether oxygens (including phenoxy) is 1. The fourth-order valence-corrected chi connectivity index (χ4v) is 2.26. The van der Waals surface area contributed by atoms with Gasteiger partial charge in [-0.3, -0.25) is 4.68 Å². The highest BCUT2D eigenvalue weighted by molar-refractivity contribution is 6.31. The van der Waals surface area contributed by atoms with Crippen molar-refractivity contribution >= 4 is 11.6 Å². The van der Waals surface area contributed by atoms with E-state index in [1.54, 1.807) is 13.3 Å². The highest BCUT2D eigenvalue weighted by atomic mass is 35.5. The molecule has 6 heteroatoms. The summed E-state index contributed by atoms with van der Waals surface area (Å²) in [5.74, 6) is 0. The molecule has 0 aliphatic carbocycles. The Morgan fingerprint density at radius 1 is 1.53 bits per heavy atom. The van der Waals surface area contributed by atoms with Gasteiger partial charge in [-0.2, -0.15) is 5.10 Å². The number of likely N-dealkylation sites (N-methyl/N-ethyl adjacent to an activating group) is 1. The first-order valence-corrected chi connectivity index (χ1v) is 6.93. The largest absolute Gasteiger partial charge is 0.382 e. The van der Waals surface area contributed by atoms with Crippen molar-refractivity contribution in [2.75, 3.05) is 34.8 Å². The van der Waals surface area contributed by atoms with E-state index in [1.165, 1.54) is 0 Å². The maximum atomic E-state index is 6.28. The first kappa shape index (κ1) is 16.4. The summed E-state index contributed by atoms with van der Waals surface area (Å²) in [5.41, 5.74) is 1.04. The normalized spacial score (nSPS) is 14.9. The van der Waals surface area contributed by atoms with Crippen LogP contribution in [-0.2, 0) is 11.3 Å². The van der Waals surface area contributed by atoms with Crippen LogP contribution in [0.1, 0.15) is 25.1 Å². The maximum Gasteiger partial charge on any atom is 0.0834 e. The molecule has 1 aromatic heterocycles. The first-order chi connectivity index (χ1) is 8.99. The number of aromatic nitrogens is 2. The molecule has 0 aliphatic rings. The Hall–Kier alpha value is -0.620. The minimum Gasteiger partial charge on any atom is -0.382 e. The predicted octanol–water partition coefficient (Wildman–Crippen LogP) is 1.78. The highest BCUT2D eigenvalue weighted by Crippen LogP contribution is 2.26. The van der Waals surface area contributed by atoms with E-state index in [4.69, 9.17) is 16.3 Å². The lowest BCUT2D eigenvalue weighted by molar-refractivity contribution is 0.100. The molecule has 0 amide bonds. The van der Waals surface area contributed by atoms with Crippen molar-refractivity contribution in [3.8, 4) is 0 Å². The lowest BCUT2D eigenvalue weighted by Gasteiger charge is -2.22. The summed E-state index contributed by atoms with van der Waals surface area (Å²) in [6, 6.07) is 0.145. The van der Waals surface area contributed by atoms with Crippen LogP contribution in [0, 0.1) is 0 Å². The molecule has 2 unspecified atom stereocenters. The number of halogens is 1. The third-order valence-electron chi connectivity index (χ3n) is 3.24. The van der Waals surface area contributed by atoms with Crippen LogP contribution in [0.3, 0.4) is 0 Å². The van der Waals surface area contributed by atoms with Crippen molar-refractivity contribution in [3.63, 3.8) is 0 Å². The lowest BCUT2D eigenvalue weighted by atomic mass is 10.1. The van der Waals surface area contributed by atoms with E-state index in [0.717, 1.165) is 25.2 Å².